The Morgan fingerprint density at radius 3 is 2.76 bits per heavy atom. The van der Waals surface area contributed by atoms with E-state index in [4.69, 9.17) is 5.73 Å². The minimum absolute atomic E-state index is 0.0677. The van der Waals surface area contributed by atoms with Crippen molar-refractivity contribution in [3.63, 3.8) is 0 Å². The maximum absolute atomic E-state index is 9.26. The first kappa shape index (κ1) is 12.9. The molecule has 4 heteroatoms. The van der Waals surface area contributed by atoms with Gasteiger partial charge in [-0.3, -0.25) is 0 Å². The van der Waals surface area contributed by atoms with Crippen LogP contribution in [0, 0.1) is 5.92 Å². The van der Waals surface area contributed by atoms with Crippen molar-refractivity contribution in [1.82, 2.24) is 4.90 Å². The van der Waals surface area contributed by atoms with Gasteiger partial charge in [0.1, 0.15) is 0 Å². The molecule has 0 bridgehead atoms. The molecule has 1 aromatic rings. The molecule has 1 aromatic carbocycles. The van der Waals surface area contributed by atoms with Gasteiger partial charge in [0.25, 0.3) is 0 Å². The largest absolute Gasteiger partial charge is 0.398 e. The summed E-state index contributed by atoms with van der Waals surface area (Å²) in [4.78, 5) is 2.27. The lowest BCUT2D eigenvalue weighted by atomic mass is 9.82. The Kier molecular flexibility index (Phi) is 4.07. The van der Waals surface area contributed by atoms with E-state index in [1.54, 1.807) is 0 Å². The van der Waals surface area contributed by atoms with Gasteiger partial charge in [-0.1, -0.05) is 22.0 Å². The predicted molar refractivity (Wildman–Crippen MR) is 73.6 cm³/mol. The monoisotopic (exact) mass is 298 g/mol. The molecule has 17 heavy (non-hydrogen) atoms. The van der Waals surface area contributed by atoms with Gasteiger partial charge in [-0.25, -0.2) is 0 Å². The number of aliphatic hydroxyl groups excluding tert-OH is 1. The first-order valence-corrected chi connectivity index (χ1v) is 6.75. The van der Waals surface area contributed by atoms with Crippen molar-refractivity contribution in [3.8, 4) is 0 Å². The molecule has 0 radical (unpaired) electrons. The third-order valence-corrected chi connectivity index (χ3v) is 4.11. The molecule has 0 saturated heterocycles. The SMILES string of the molecule is CN(Cc1c(N)cccc1Br)CC1CC(O)C1. The van der Waals surface area contributed by atoms with Gasteiger partial charge in [0.05, 0.1) is 6.10 Å². The minimum Gasteiger partial charge on any atom is -0.398 e. The Morgan fingerprint density at radius 2 is 2.18 bits per heavy atom. The Morgan fingerprint density at radius 1 is 1.47 bits per heavy atom. The van der Waals surface area contributed by atoms with E-state index in [0.29, 0.717) is 5.92 Å². The summed E-state index contributed by atoms with van der Waals surface area (Å²) < 4.78 is 1.07. The molecule has 0 spiro atoms. The number of nitrogen functional groups attached to an aromatic ring is 1. The van der Waals surface area contributed by atoms with Crippen molar-refractivity contribution in [2.24, 2.45) is 5.92 Å². The van der Waals surface area contributed by atoms with Crippen molar-refractivity contribution in [2.45, 2.75) is 25.5 Å². The summed E-state index contributed by atoms with van der Waals surface area (Å²) in [5.41, 5.74) is 7.95. The maximum atomic E-state index is 9.26. The number of benzene rings is 1. The van der Waals surface area contributed by atoms with Crippen molar-refractivity contribution < 1.29 is 5.11 Å². The molecule has 0 atom stereocenters. The summed E-state index contributed by atoms with van der Waals surface area (Å²) in [6.45, 7) is 1.87. The fraction of sp³-hybridized carbons (Fsp3) is 0.538. The zero-order chi connectivity index (χ0) is 12.4. The van der Waals surface area contributed by atoms with Crippen LogP contribution in [0.2, 0.25) is 0 Å². The van der Waals surface area contributed by atoms with Crippen molar-refractivity contribution >= 4 is 21.6 Å². The number of nitrogens with two attached hydrogens (primary N) is 1. The summed E-state index contributed by atoms with van der Waals surface area (Å²) in [6.07, 6.45) is 1.81. The molecule has 94 valence electrons. The molecule has 0 amide bonds. The number of anilines is 1. The number of nitrogens with zero attached hydrogens (tertiary/aromatic N) is 1. The molecule has 0 heterocycles. The van der Waals surface area contributed by atoms with Crippen LogP contribution in [-0.2, 0) is 6.54 Å². The molecular weight excluding hydrogens is 280 g/mol. The molecule has 2 rings (SSSR count). The van der Waals surface area contributed by atoms with Crippen LogP contribution in [0.1, 0.15) is 18.4 Å². The standard InChI is InChI=1S/C13H19BrN2O/c1-16(7-9-5-10(17)6-9)8-11-12(14)3-2-4-13(11)15/h2-4,9-10,17H,5-8,15H2,1H3. The van der Waals surface area contributed by atoms with Gasteiger partial charge >= 0.3 is 0 Å². The van der Waals surface area contributed by atoms with Gasteiger partial charge in [0.15, 0.2) is 0 Å². The van der Waals surface area contributed by atoms with Crippen molar-refractivity contribution in [2.75, 3.05) is 19.3 Å². The smallest absolute Gasteiger partial charge is 0.0546 e. The normalized spacial score (nSPS) is 23.8. The van der Waals surface area contributed by atoms with Crippen LogP contribution in [0.5, 0.6) is 0 Å². The lowest BCUT2D eigenvalue weighted by Gasteiger charge is -2.34. The van der Waals surface area contributed by atoms with Crippen LogP contribution in [0.15, 0.2) is 22.7 Å². The van der Waals surface area contributed by atoms with Crippen LogP contribution in [0.3, 0.4) is 0 Å². The van der Waals surface area contributed by atoms with E-state index < -0.39 is 0 Å². The van der Waals surface area contributed by atoms with Gasteiger partial charge in [-0.15, -0.1) is 0 Å². The lowest BCUT2D eigenvalue weighted by molar-refractivity contribution is 0.0274. The Hall–Kier alpha value is -0.580. The van der Waals surface area contributed by atoms with E-state index in [-0.39, 0.29) is 6.10 Å². The molecule has 3 nitrogen and oxygen atoms in total. The number of rotatable bonds is 4. The van der Waals surface area contributed by atoms with Gasteiger partial charge in [-0.2, -0.15) is 0 Å². The summed E-state index contributed by atoms with van der Waals surface area (Å²) in [7, 11) is 2.10. The average Bonchev–Trinajstić information content (AvgIpc) is 2.21. The van der Waals surface area contributed by atoms with Crippen LogP contribution >= 0.6 is 15.9 Å². The fourth-order valence-electron chi connectivity index (χ4n) is 2.37. The molecule has 0 aliphatic heterocycles. The lowest BCUT2D eigenvalue weighted by Crippen LogP contribution is -2.36. The highest BCUT2D eigenvalue weighted by molar-refractivity contribution is 9.10. The van der Waals surface area contributed by atoms with E-state index in [0.717, 1.165) is 41.7 Å². The maximum Gasteiger partial charge on any atom is 0.0546 e. The van der Waals surface area contributed by atoms with E-state index in [1.165, 1.54) is 0 Å². The molecule has 0 aromatic heterocycles. The second kappa shape index (κ2) is 5.38. The van der Waals surface area contributed by atoms with Gasteiger partial charge < -0.3 is 15.7 Å². The first-order valence-electron chi connectivity index (χ1n) is 5.95. The second-order valence-corrected chi connectivity index (χ2v) is 5.85. The predicted octanol–water partition coefficient (Wildman–Crippen LogP) is 2.23. The van der Waals surface area contributed by atoms with Gasteiger partial charge in [0, 0.05) is 28.8 Å². The van der Waals surface area contributed by atoms with Crippen LogP contribution in [0.25, 0.3) is 0 Å². The highest BCUT2D eigenvalue weighted by atomic mass is 79.9. The molecule has 1 aliphatic carbocycles. The van der Waals surface area contributed by atoms with Gasteiger partial charge in [0.2, 0.25) is 0 Å². The van der Waals surface area contributed by atoms with E-state index in [1.807, 2.05) is 18.2 Å². The Bertz CT molecular complexity index is 371. The highest BCUT2D eigenvalue weighted by Crippen LogP contribution is 2.29. The molecule has 1 saturated carbocycles. The van der Waals surface area contributed by atoms with Gasteiger partial charge in [-0.05, 0) is 37.9 Å². The summed E-state index contributed by atoms with van der Waals surface area (Å²) in [5.74, 6) is 0.638. The fourth-order valence-corrected chi connectivity index (χ4v) is 2.87. The number of halogens is 1. The zero-order valence-electron chi connectivity index (χ0n) is 10.1. The average molecular weight is 299 g/mol. The Labute approximate surface area is 111 Å². The van der Waals surface area contributed by atoms with Crippen LogP contribution in [-0.4, -0.2) is 29.7 Å². The number of hydrogen-bond acceptors (Lipinski definition) is 3. The number of hydrogen-bond donors (Lipinski definition) is 2. The molecule has 1 fully saturated rings. The summed E-state index contributed by atoms with van der Waals surface area (Å²) in [6, 6.07) is 5.90. The summed E-state index contributed by atoms with van der Waals surface area (Å²) >= 11 is 3.54. The van der Waals surface area contributed by atoms with E-state index >= 15 is 0 Å². The highest BCUT2D eigenvalue weighted by Gasteiger charge is 2.27. The third kappa shape index (κ3) is 3.21. The number of aliphatic hydroxyl groups is 1. The van der Waals surface area contributed by atoms with E-state index in [9.17, 15) is 5.11 Å². The molecule has 3 N–H and O–H groups in total. The first-order chi connectivity index (χ1) is 8.06. The van der Waals surface area contributed by atoms with Crippen LogP contribution in [0.4, 0.5) is 5.69 Å². The zero-order valence-corrected chi connectivity index (χ0v) is 11.7. The van der Waals surface area contributed by atoms with Crippen molar-refractivity contribution in [1.29, 1.82) is 0 Å². The molecular formula is C13H19BrN2O. The Balaban J connectivity index is 1.91. The molecule has 0 unspecified atom stereocenters. The minimum atomic E-state index is -0.0677. The van der Waals surface area contributed by atoms with E-state index in [2.05, 4.69) is 27.9 Å². The second-order valence-electron chi connectivity index (χ2n) is 5.00. The van der Waals surface area contributed by atoms with Crippen molar-refractivity contribution in [3.05, 3.63) is 28.2 Å². The third-order valence-electron chi connectivity index (χ3n) is 3.36. The topological polar surface area (TPSA) is 49.5 Å². The summed E-state index contributed by atoms with van der Waals surface area (Å²) in [5, 5.41) is 9.26. The van der Waals surface area contributed by atoms with Crippen LogP contribution < -0.4 is 5.73 Å². The molecule has 1 aliphatic rings. The quantitative estimate of drug-likeness (QED) is 0.838.